The summed E-state index contributed by atoms with van der Waals surface area (Å²) in [5.41, 5.74) is 4.37. The Morgan fingerprint density at radius 3 is 2.38 bits per heavy atom. The zero-order chi connectivity index (χ0) is 17.9. The molecule has 0 aliphatic rings. The molecule has 0 radical (unpaired) electrons. The first kappa shape index (κ1) is 17.7. The van der Waals surface area contributed by atoms with Gasteiger partial charge in [-0.1, -0.05) is 24.6 Å². The average Bonchev–Trinajstić information content (AvgIpc) is 2.99. The van der Waals surface area contributed by atoms with Gasteiger partial charge in [-0.2, -0.15) is 0 Å². The van der Waals surface area contributed by atoms with Gasteiger partial charge >= 0.3 is 0 Å². The van der Waals surface area contributed by atoms with Crippen LogP contribution in [0.3, 0.4) is 0 Å². The number of hydrogen-bond donors (Lipinski definition) is 2. The summed E-state index contributed by atoms with van der Waals surface area (Å²) in [5, 5.41) is 2.90. The molecule has 128 valence electrons. The number of H-pyrrole nitrogens is 1. The minimum absolute atomic E-state index is 0.0218. The molecule has 2 rings (SSSR count). The number of anilines is 1. The molecule has 1 aromatic carbocycles. The molecule has 0 aliphatic carbocycles. The molecule has 0 saturated heterocycles. The Bertz CT molecular complexity index is 741. The number of amides is 2. The highest BCUT2D eigenvalue weighted by molar-refractivity contribution is 5.98. The van der Waals surface area contributed by atoms with Gasteiger partial charge < -0.3 is 15.2 Å². The van der Waals surface area contributed by atoms with E-state index in [4.69, 9.17) is 0 Å². The SMILES string of the molecule is CCc1ncc(C(=O)N(C)CC(=O)Nc2c(C)cc(C)cc2C)[nH]1. The number of imidazole rings is 1. The van der Waals surface area contributed by atoms with Gasteiger partial charge in [-0.25, -0.2) is 4.98 Å². The van der Waals surface area contributed by atoms with Gasteiger partial charge in [0.1, 0.15) is 11.5 Å². The molecule has 6 nitrogen and oxygen atoms in total. The van der Waals surface area contributed by atoms with Crippen LogP contribution >= 0.6 is 0 Å². The van der Waals surface area contributed by atoms with Crippen LogP contribution in [0.1, 0.15) is 39.9 Å². The zero-order valence-corrected chi connectivity index (χ0v) is 14.9. The van der Waals surface area contributed by atoms with Crippen molar-refractivity contribution in [3.8, 4) is 0 Å². The summed E-state index contributed by atoms with van der Waals surface area (Å²) in [6.45, 7) is 7.87. The van der Waals surface area contributed by atoms with E-state index in [9.17, 15) is 9.59 Å². The number of aryl methyl sites for hydroxylation is 4. The van der Waals surface area contributed by atoms with Gasteiger partial charge in [-0.15, -0.1) is 0 Å². The highest BCUT2D eigenvalue weighted by Crippen LogP contribution is 2.21. The highest BCUT2D eigenvalue weighted by Gasteiger charge is 2.18. The standard InChI is InChI=1S/C18H24N4O2/c1-6-15-19-9-14(20-15)18(24)22(5)10-16(23)21-17-12(3)7-11(2)8-13(17)4/h7-9H,6,10H2,1-5H3,(H,19,20)(H,21,23). The summed E-state index contributed by atoms with van der Waals surface area (Å²) in [5.74, 6) is 0.271. The van der Waals surface area contributed by atoms with Gasteiger partial charge in [0, 0.05) is 19.2 Å². The maximum absolute atomic E-state index is 12.3. The number of carbonyl (C=O) groups excluding carboxylic acids is 2. The van der Waals surface area contributed by atoms with Gasteiger partial charge in [-0.05, 0) is 31.9 Å². The fraction of sp³-hybridized carbons (Fsp3) is 0.389. The van der Waals surface area contributed by atoms with E-state index < -0.39 is 0 Å². The Labute approximate surface area is 142 Å². The van der Waals surface area contributed by atoms with Gasteiger partial charge in [0.25, 0.3) is 5.91 Å². The number of likely N-dealkylation sites (N-methyl/N-ethyl adjacent to an activating group) is 1. The molecule has 0 unspecified atom stereocenters. The summed E-state index contributed by atoms with van der Waals surface area (Å²) in [7, 11) is 1.60. The van der Waals surface area contributed by atoms with E-state index in [2.05, 4.69) is 15.3 Å². The summed E-state index contributed by atoms with van der Waals surface area (Å²) in [4.78, 5) is 33.0. The lowest BCUT2D eigenvalue weighted by Gasteiger charge is -2.18. The first-order valence-corrected chi connectivity index (χ1v) is 7.98. The Kier molecular flexibility index (Phi) is 5.39. The van der Waals surface area contributed by atoms with Crippen LogP contribution in [0.4, 0.5) is 5.69 Å². The minimum atomic E-state index is -0.255. The van der Waals surface area contributed by atoms with Crippen LogP contribution in [0.25, 0.3) is 0 Å². The van der Waals surface area contributed by atoms with Crippen molar-refractivity contribution in [2.45, 2.75) is 34.1 Å². The smallest absolute Gasteiger partial charge is 0.272 e. The number of nitrogens with one attached hydrogen (secondary N) is 2. The van der Waals surface area contributed by atoms with Crippen LogP contribution in [0.2, 0.25) is 0 Å². The van der Waals surface area contributed by atoms with Crippen LogP contribution in [0.15, 0.2) is 18.3 Å². The monoisotopic (exact) mass is 328 g/mol. The second-order valence-electron chi connectivity index (χ2n) is 6.08. The molecule has 0 saturated carbocycles. The third-order valence-electron chi connectivity index (χ3n) is 3.86. The zero-order valence-electron chi connectivity index (χ0n) is 14.9. The largest absolute Gasteiger partial charge is 0.338 e. The van der Waals surface area contributed by atoms with E-state index in [0.29, 0.717) is 5.69 Å². The molecule has 0 bridgehead atoms. The van der Waals surface area contributed by atoms with Crippen LogP contribution < -0.4 is 5.32 Å². The Balaban J connectivity index is 2.03. The van der Waals surface area contributed by atoms with Crippen molar-refractivity contribution in [3.05, 3.63) is 46.5 Å². The van der Waals surface area contributed by atoms with E-state index in [1.165, 1.54) is 11.1 Å². The topological polar surface area (TPSA) is 78.1 Å². The summed E-state index contributed by atoms with van der Waals surface area (Å²) >= 11 is 0. The molecular formula is C18H24N4O2. The molecule has 2 aromatic rings. The predicted molar refractivity (Wildman–Crippen MR) is 94.2 cm³/mol. The Morgan fingerprint density at radius 1 is 1.21 bits per heavy atom. The van der Waals surface area contributed by atoms with Crippen molar-refractivity contribution in [1.29, 1.82) is 0 Å². The lowest BCUT2D eigenvalue weighted by molar-refractivity contribution is -0.116. The molecule has 0 spiro atoms. The van der Waals surface area contributed by atoms with Crippen LogP contribution in [0, 0.1) is 20.8 Å². The average molecular weight is 328 g/mol. The second kappa shape index (κ2) is 7.29. The minimum Gasteiger partial charge on any atom is -0.338 e. The van der Waals surface area contributed by atoms with Crippen molar-refractivity contribution in [3.63, 3.8) is 0 Å². The summed E-state index contributed by atoms with van der Waals surface area (Å²) in [6, 6.07) is 4.04. The van der Waals surface area contributed by atoms with E-state index in [0.717, 1.165) is 34.6 Å². The van der Waals surface area contributed by atoms with Crippen molar-refractivity contribution < 1.29 is 9.59 Å². The van der Waals surface area contributed by atoms with E-state index in [-0.39, 0.29) is 18.4 Å². The molecule has 6 heteroatoms. The molecule has 24 heavy (non-hydrogen) atoms. The first-order chi connectivity index (χ1) is 11.3. The maximum Gasteiger partial charge on any atom is 0.272 e. The third kappa shape index (κ3) is 4.01. The molecule has 0 aliphatic heterocycles. The number of aromatic nitrogens is 2. The molecular weight excluding hydrogens is 304 g/mol. The fourth-order valence-corrected chi connectivity index (χ4v) is 2.70. The number of hydrogen-bond acceptors (Lipinski definition) is 3. The molecule has 1 heterocycles. The van der Waals surface area contributed by atoms with Gasteiger partial charge in [0.2, 0.25) is 5.91 Å². The van der Waals surface area contributed by atoms with Gasteiger partial charge in [0.15, 0.2) is 0 Å². The normalized spacial score (nSPS) is 10.5. The van der Waals surface area contributed by atoms with E-state index in [1.54, 1.807) is 7.05 Å². The predicted octanol–water partition coefficient (Wildman–Crippen LogP) is 2.61. The maximum atomic E-state index is 12.3. The van der Waals surface area contributed by atoms with Gasteiger partial charge in [-0.3, -0.25) is 9.59 Å². The fourth-order valence-electron chi connectivity index (χ4n) is 2.70. The summed E-state index contributed by atoms with van der Waals surface area (Å²) < 4.78 is 0. The lowest BCUT2D eigenvalue weighted by atomic mass is 10.1. The van der Waals surface area contributed by atoms with Crippen molar-refractivity contribution in [1.82, 2.24) is 14.9 Å². The van der Waals surface area contributed by atoms with Crippen LogP contribution in [-0.2, 0) is 11.2 Å². The van der Waals surface area contributed by atoms with Crippen molar-refractivity contribution in [2.24, 2.45) is 0 Å². The van der Waals surface area contributed by atoms with E-state index in [1.807, 2.05) is 39.8 Å². The van der Waals surface area contributed by atoms with Crippen LogP contribution in [0.5, 0.6) is 0 Å². The third-order valence-corrected chi connectivity index (χ3v) is 3.86. The second-order valence-corrected chi connectivity index (χ2v) is 6.08. The van der Waals surface area contributed by atoms with Crippen molar-refractivity contribution >= 4 is 17.5 Å². The molecule has 2 N–H and O–H groups in total. The summed E-state index contributed by atoms with van der Waals surface area (Å²) in [6.07, 6.45) is 2.23. The highest BCUT2D eigenvalue weighted by atomic mass is 16.2. The molecule has 0 atom stereocenters. The Morgan fingerprint density at radius 2 is 1.83 bits per heavy atom. The number of benzene rings is 1. The molecule has 1 aromatic heterocycles. The lowest BCUT2D eigenvalue weighted by Crippen LogP contribution is -2.35. The van der Waals surface area contributed by atoms with Crippen LogP contribution in [-0.4, -0.2) is 40.3 Å². The number of aromatic amines is 1. The number of carbonyl (C=O) groups is 2. The van der Waals surface area contributed by atoms with E-state index >= 15 is 0 Å². The van der Waals surface area contributed by atoms with Gasteiger partial charge in [0.05, 0.1) is 12.7 Å². The Hall–Kier alpha value is -2.63. The number of rotatable bonds is 5. The van der Waals surface area contributed by atoms with Crippen molar-refractivity contribution in [2.75, 3.05) is 18.9 Å². The molecule has 0 fully saturated rings. The number of nitrogens with zero attached hydrogens (tertiary/aromatic N) is 2. The first-order valence-electron chi connectivity index (χ1n) is 7.98. The molecule has 2 amide bonds. The quantitative estimate of drug-likeness (QED) is 0.885.